The van der Waals surface area contributed by atoms with Gasteiger partial charge in [0.2, 0.25) is 16.0 Å². The van der Waals surface area contributed by atoms with Crippen LogP contribution in [0.3, 0.4) is 0 Å². The molecule has 2 aromatic rings. The Morgan fingerprint density at radius 1 is 1.23 bits per heavy atom. The lowest BCUT2D eigenvalue weighted by molar-refractivity contribution is 0.504. The van der Waals surface area contributed by atoms with Crippen LogP contribution in [0.5, 0.6) is 0 Å². The van der Waals surface area contributed by atoms with Crippen LogP contribution in [-0.4, -0.2) is 34.6 Å². The molecule has 0 radical (unpaired) electrons. The van der Waals surface area contributed by atoms with Gasteiger partial charge in [-0.2, -0.15) is 20.1 Å². The van der Waals surface area contributed by atoms with Crippen molar-refractivity contribution in [3.8, 4) is 0 Å². The Morgan fingerprint density at radius 2 is 1.90 bits per heavy atom. The fourth-order valence-electron chi connectivity index (χ4n) is 3.23. The molecule has 2 heterocycles. The molecule has 0 saturated carbocycles. The Kier molecular flexibility index (Phi) is 6.02. The fourth-order valence-corrected chi connectivity index (χ4v) is 5.58. The van der Waals surface area contributed by atoms with Crippen molar-refractivity contribution in [2.24, 2.45) is 10.2 Å². The number of halogens is 1. The minimum atomic E-state index is -3.93. The largest absolute Gasteiger partial charge is 0.368 e. The predicted molar refractivity (Wildman–Crippen MR) is 120 cm³/mol. The standard InChI is InChI=1S/C18H24ClN7O2S2/c1-9-6-14(30(21,27)28)13(7-12(9)19)29-11(3)15-22-16(20)24-17(23-15)26-18(4,5)8-10(2)25-26/h6-7,11H,8H2,1-5H3,(H2,21,27,28)(H2,20,22,23,24)/t11-/m0/s1. The van der Waals surface area contributed by atoms with Gasteiger partial charge in [0, 0.05) is 22.1 Å². The van der Waals surface area contributed by atoms with Crippen LogP contribution >= 0.6 is 23.4 Å². The van der Waals surface area contributed by atoms with Crippen molar-refractivity contribution in [3.63, 3.8) is 0 Å². The van der Waals surface area contributed by atoms with Gasteiger partial charge in [-0.3, -0.25) is 0 Å². The van der Waals surface area contributed by atoms with E-state index in [2.05, 4.69) is 20.1 Å². The summed E-state index contributed by atoms with van der Waals surface area (Å²) < 4.78 is 24.1. The number of primary sulfonamides is 1. The van der Waals surface area contributed by atoms with Crippen LogP contribution in [0.15, 0.2) is 27.0 Å². The molecule has 0 bridgehead atoms. The number of anilines is 2. The normalized spacial score (nSPS) is 17.2. The first-order valence-electron chi connectivity index (χ1n) is 9.13. The van der Waals surface area contributed by atoms with Crippen molar-refractivity contribution in [2.45, 2.75) is 61.6 Å². The smallest absolute Gasteiger partial charge is 0.251 e. The van der Waals surface area contributed by atoms with E-state index < -0.39 is 10.0 Å². The fraction of sp³-hybridized carbons (Fsp3) is 0.444. The number of aromatic nitrogens is 3. The minimum Gasteiger partial charge on any atom is -0.368 e. The lowest BCUT2D eigenvalue weighted by Gasteiger charge is -2.28. The van der Waals surface area contributed by atoms with E-state index in [1.807, 2.05) is 27.7 Å². The van der Waals surface area contributed by atoms with Crippen molar-refractivity contribution >= 4 is 51.0 Å². The maximum absolute atomic E-state index is 12.1. The quantitative estimate of drug-likeness (QED) is 0.635. The molecular weight excluding hydrogens is 446 g/mol. The van der Waals surface area contributed by atoms with E-state index >= 15 is 0 Å². The van der Waals surface area contributed by atoms with Crippen LogP contribution in [0.25, 0.3) is 0 Å². The summed E-state index contributed by atoms with van der Waals surface area (Å²) in [7, 11) is -3.93. The molecule has 1 atom stereocenters. The summed E-state index contributed by atoms with van der Waals surface area (Å²) in [4.78, 5) is 13.5. The van der Waals surface area contributed by atoms with E-state index in [0.717, 1.165) is 12.1 Å². The highest BCUT2D eigenvalue weighted by Gasteiger charge is 2.35. The third kappa shape index (κ3) is 4.69. The van der Waals surface area contributed by atoms with Crippen LogP contribution in [0.2, 0.25) is 5.02 Å². The Labute approximate surface area is 185 Å². The molecule has 1 aromatic carbocycles. The number of aryl methyl sites for hydroxylation is 1. The highest BCUT2D eigenvalue weighted by atomic mass is 35.5. The van der Waals surface area contributed by atoms with Crippen LogP contribution < -0.4 is 15.9 Å². The monoisotopic (exact) mass is 469 g/mol. The van der Waals surface area contributed by atoms with Crippen LogP contribution in [0.1, 0.15) is 50.8 Å². The Bertz CT molecular complexity index is 1140. The van der Waals surface area contributed by atoms with Gasteiger partial charge in [-0.15, -0.1) is 11.8 Å². The highest BCUT2D eigenvalue weighted by molar-refractivity contribution is 8.00. The molecule has 0 aliphatic carbocycles. The number of nitrogens with zero attached hydrogens (tertiary/aromatic N) is 5. The van der Waals surface area contributed by atoms with Crippen molar-refractivity contribution in [3.05, 3.63) is 28.5 Å². The van der Waals surface area contributed by atoms with Gasteiger partial charge in [0.1, 0.15) is 5.82 Å². The van der Waals surface area contributed by atoms with Crippen LogP contribution in [0, 0.1) is 6.92 Å². The first kappa shape index (κ1) is 22.7. The van der Waals surface area contributed by atoms with Gasteiger partial charge < -0.3 is 5.73 Å². The Hall–Kier alpha value is -1.95. The number of sulfonamides is 1. The van der Waals surface area contributed by atoms with Gasteiger partial charge in [-0.1, -0.05) is 11.6 Å². The van der Waals surface area contributed by atoms with Crippen LogP contribution in [-0.2, 0) is 10.0 Å². The zero-order valence-corrected chi connectivity index (χ0v) is 19.7. The Balaban J connectivity index is 1.99. The van der Waals surface area contributed by atoms with Gasteiger partial charge in [-0.25, -0.2) is 18.6 Å². The maximum Gasteiger partial charge on any atom is 0.251 e. The number of hydrogen-bond acceptors (Lipinski definition) is 9. The molecular formula is C18H24ClN7O2S2. The lowest BCUT2D eigenvalue weighted by atomic mass is 9.99. The summed E-state index contributed by atoms with van der Waals surface area (Å²) in [6.45, 7) is 9.58. The van der Waals surface area contributed by atoms with Gasteiger partial charge in [0.05, 0.1) is 15.7 Å². The number of rotatable bonds is 5. The van der Waals surface area contributed by atoms with Crippen LogP contribution in [0.4, 0.5) is 11.9 Å². The number of nitrogen functional groups attached to an aromatic ring is 1. The molecule has 1 aliphatic rings. The van der Waals surface area contributed by atoms with E-state index in [0.29, 0.717) is 27.3 Å². The molecule has 30 heavy (non-hydrogen) atoms. The highest BCUT2D eigenvalue weighted by Crippen LogP contribution is 2.40. The molecule has 4 N–H and O–H groups in total. The number of thioether (sulfide) groups is 1. The summed E-state index contributed by atoms with van der Waals surface area (Å²) in [5, 5.41) is 11.7. The topological polar surface area (TPSA) is 140 Å². The molecule has 0 spiro atoms. The van der Waals surface area contributed by atoms with Gasteiger partial charge in [0.25, 0.3) is 5.95 Å². The minimum absolute atomic E-state index is 0.00408. The summed E-state index contributed by atoms with van der Waals surface area (Å²) in [6, 6.07) is 3.05. The summed E-state index contributed by atoms with van der Waals surface area (Å²) in [5.74, 6) is 0.808. The van der Waals surface area contributed by atoms with Crippen molar-refractivity contribution in [2.75, 3.05) is 10.7 Å². The van der Waals surface area contributed by atoms with Crippen molar-refractivity contribution in [1.82, 2.24) is 15.0 Å². The van der Waals surface area contributed by atoms with E-state index in [4.69, 9.17) is 22.5 Å². The van der Waals surface area contributed by atoms with E-state index in [-0.39, 0.29) is 21.6 Å². The third-order valence-electron chi connectivity index (χ3n) is 4.58. The van der Waals surface area contributed by atoms with Crippen molar-refractivity contribution in [1.29, 1.82) is 0 Å². The first-order chi connectivity index (χ1) is 13.8. The molecule has 0 saturated heterocycles. The zero-order valence-electron chi connectivity index (χ0n) is 17.3. The molecule has 9 nitrogen and oxygen atoms in total. The molecule has 12 heteroatoms. The molecule has 0 amide bonds. The molecule has 1 aliphatic heterocycles. The third-order valence-corrected chi connectivity index (χ3v) is 7.22. The number of benzene rings is 1. The lowest BCUT2D eigenvalue weighted by Crippen LogP contribution is -2.38. The maximum atomic E-state index is 12.1. The van der Waals surface area contributed by atoms with E-state index in [1.165, 1.54) is 17.8 Å². The number of hydrazone groups is 1. The number of hydrogen-bond donors (Lipinski definition) is 2. The second-order valence-corrected chi connectivity index (χ2v) is 11.2. The van der Waals surface area contributed by atoms with Crippen molar-refractivity contribution < 1.29 is 8.42 Å². The summed E-state index contributed by atoms with van der Waals surface area (Å²) >= 11 is 7.44. The Morgan fingerprint density at radius 3 is 2.47 bits per heavy atom. The second-order valence-electron chi connectivity index (χ2n) is 7.84. The second kappa shape index (κ2) is 7.95. The summed E-state index contributed by atoms with van der Waals surface area (Å²) in [6.07, 6.45) is 0.776. The number of nitrogens with two attached hydrogens (primary N) is 2. The first-order valence-corrected chi connectivity index (χ1v) is 11.9. The van der Waals surface area contributed by atoms with Gasteiger partial charge in [0.15, 0.2) is 0 Å². The average molecular weight is 470 g/mol. The molecule has 1 aromatic heterocycles. The molecule has 162 valence electrons. The summed E-state index contributed by atoms with van der Waals surface area (Å²) in [5.41, 5.74) is 7.23. The van der Waals surface area contributed by atoms with Gasteiger partial charge in [-0.05, 0) is 52.3 Å². The predicted octanol–water partition coefficient (Wildman–Crippen LogP) is 3.28. The molecule has 0 unspecified atom stereocenters. The molecule has 0 fully saturated rings. The van der Waals surface area contributed by atoms with Gasteiger partial charge >= 0.3 is 0 Å². The SMILES string of the molecule is CC1=NN(c2nc(N)nc([C@H](C)Sc3cc(Cl)c(C)cc3S(N)(=O)=O)n2)C(C)(C)C1. The average Bonchev–Trinajstić information content (AvgIpc) is 2.88. The van der Waals surface area contributed by atoms with E-state index in [9.17, 15) is 8.42 Å². The van der Waals surface area contributed by atoms with E-state index in [1.54, 1.807) is 18.0 Å². The zero-order chi connectivity index (χ0) is 22.4. The molecule has 3 rings (SSSR count).